The topological polar surface area (TPSA) is 64.3 Å². The number of methoxy groups -OCH3 is 1. The van der Waals surface area contributed by atoms with Gasteiger partial charge in [0.15, 0.2) is 0 Å². The minimum absolute atomic E-state index is 0.191. The van der Waals surface area contributed by atoms with Crippen molar-refractivity contribution in [2.75, 3.05) is 12.4 Å². The average Bonchev–Trinajstić information content (AvgIpc) is 2.50. The first-order valence-electron chi connectivity index (χ1n) is 6.18. The molecule has 0 aliphatic heterocycles. The molecule has 0 aliphatic carbocycles. The molecule has 0 radical (unpaired) electrons. The highest BCUT2D eigenvalue weighted by molar-refractivity contribution is 9.11. The van der Waals surface area contributed by atoms with Crippen LogP contribution in [0.1, 0.15) is 15.9 Å². The number of halogens is 2. The van der Waals surface area contributed by atoms with Crippen molar-refractivity contribution < 1.29 is 9.53 Å². The molecule has 2 aromatic carbocycles. The number of hydrogen-bond donors (Lipinski definition) is 2. The Hall–Kier alpha value is -1.37. The number of amides is 1. The molecule has 0 atom stereocenters. The molecule has 0 fully saturated rings. The second kappa shape index (κ2) is 7.06. The number of anilines is 1. The van der Waals surface area contributed by atoms with Gasteiger partial charge in [-0.1, -0.05) is 12.1 Å². The molecule has 2 aromatic rings. The summed E-state index contributed by atoms with van der Waals surface area (Å²) in [6, 6.07) is 10.8. The van der Waals surface area contributed by atoms with Crippen molar-refractivity contribution in [1.29, 1.82) is 0 Å². The van der Waals surface area contributed by atoms with E-state index >= 15 is 0 Å². The summed E-state index contributed by atoms with van der Waals surface area (Å²) in [4.78, 5) is 12.2. The van der Waals surface area contributed by atoms with Crippen molar-refractivity contribution >= 4 is 43.5 Å². The molecule has 3 N–H and O–H groups in total. The van der Waals surface area contributed by atoms with Gasteiger partial charge in [-0.25, -0.2) is 0 Å². The van der Waals surface area contributed by atoms with E-state index in [1.807, 2.05) is 18.2 Å². The molecule has 0 saturated heterocycles. The van der Waals surface area contributed by atoms with Gasteiger partial charge in [0.25, 0.3) is 5.91 Å². The van der Waals surface area contributed by atoms with Crippen LogP contribution in [0.15, 0.2) is 45.3 Å². The van der Waals surface area contributed by atoms with Crippen molar-refractivity contribution in [3.05, 3.63) is 56.5 Å². The third-order valence-electron chi connectivity index (χ3n) is 2.94. The van der Waals surface area contributed by atoms with E-state index < -0.39 is 0 Å². The van der Waals surface area contributed by atoms with Gasteiger partial charge in [0.1, 0.15) is 5.75 Å². The van der Waals surface area contributed by atoms with E-state index in [-0.39, 0.29) is 5.91 Å². The first kappa shape index (κ1) is 16.0. The smallest absolute Gasteiger partial charge is 0.255 e. The number of carbonyl (C=O) groups excluding carboxylic acids is 1. The molecule has 6 heteroatoms. The molecule has 0 bridgehead atoms. The Balaban J connectivity index is 2.22. The van der Waals surface area contributed by atoms with Gasteiger partial charge in [-0.3, -0.25) is 4.79 Å². The van der Waals surface area contributed by atoms with E-state index in [2.05, 4.69) is 37.2 Å². The molecular weight excluding hydrogens is 400 g/mol. The molecule has 21 heavy (non-hydrogen) atoms. The Morgan fingerprint density at radius 2 is 1.86 bits per heavy atom. The summed E-state index contributed by atoms with van der Waals surface area (Å²) < 4.78 is 6.80. The Kier molecular flexibility index (Phi) is 5.39. The molecule has 4 nitrogen and oxygen atoms in total. The van der Waals surface area contributed by atoms with Crippen LogP contribution >= 0.6 is 31.9 Å². The molecule has 0 aliphatic rings. The minimum atomic E-state index is -0.191. The lowest BCUT2D eigenvalue weighted by molar-refractivity contribution is 0.102. The quantitative estimate of drug-likeness (QED) is 0.797. The molecule has 2 rings (SSSR count). The second-order valence-electron chi connectivity index (χ2n) is 4.32. The van der Waals surface area contributed by atoms with Gasteiger partial charge in [-0.05, 0) is 55.6 Å². The normalized spacial score (nSPS) is 10.3. The summed E-state index contributed by atoms with van der Waals surface area (Å²) in [5.41, 5.74) is 7.74. The number of hydrogen-bond acceptors (Lipinski definition) is 3. The fraction of sp³-hybridized carbons (Fsp3) is 0.133. The van der Waals surface area contributed by atoms with Crippen LogP contribution in [0.2, 0.25) is 0 Å². The van der Waals surface area contributed by atoms with Crippen LogP contribution in [0.5, 0.6) is 5.75 Å². The van der Waals surface area contributed by atoms with Gasteiger partial charge >= 0.3 is 0 Å². The van der Waals surface area contributed by atoms with E-state index in [1.54, 1.807) is 25.3 Å². The fourth-order valence-electron chi connectivity index (χ4n) is 1.77. The predicted octanol–water partition coefficient (Wildman–Crippen LogP) is 3.93. The lowest BCUT2D eigenvalue weighted by Gasteiger charge is -2.11. The van der Waals surface area contributed by atoms with Crippen molar-refractivity contribution in [2.24, 2.45) is 5.73 Å². The summed E-state index contributed by atoms with van der Waals surface area (Å²) >= 11 is 6.81. The zero-order chi connectivity index (χ0) is 15.4. The van der Waals surface area contributed by atoms with E-state index in [9.17, 15) is 4.79 Å². The van der Waals surface area contributed by atoms with Crippen molar-refractivity contribution in [3.63, 3.8) is 0 Å². The summed E-state index contributed by atoms with van der Waals surface area (Å²) in [5, 5.41) is 2.85. The van der Waals surface area contributed by atoms with E-state index in [0.717, 1.165) is 14.5 Å². The fourth-order valence-corrected chi connectivity index (χ4v) is 3.02. The average molecular weight is 414 g/mol. The number of benzene rings is 2. The van der Waals surface area contributed by atoms with Gasteiger partial charge in [-0.15, -0.1) is 0 Å². The number of carbonyl (C=O) groups is 1. The highest BCUT2D eigenvalue weighted by Gasteiger charge is 2.11. The molecule has 0 saturated carbocycles. The third kappa shape index (κ3) is 3.84. The SMILES string of the molecule is COc1cc(NC(=O)c2ccc(CN)cc2)c(Br)cc1Br. The van der Waals surface area contributed by atoms with E-state index in [0.29, 0.717) is 23.5 Å². The monoisotopic (exact) mass is 412 g/mol. The Bertz CT molecular complexity index is 657. The first-order valence-corrected chi connectivity index (χ1v) is 7.77. The summed E-state index contributed by atoms with van der Waals surface area (Å²) in [6.07, 6.45) is 0. The summed E-state index contributed by atoms with van der Waals surface area (Å²) in [7, 11) is 1.57. The lowest BCUT2D eigenvalue weighted by atomic mass is 10.1. The van der Waals surface area contributed by atoms with Crippen LogP contribution in [0, 0.1) is 0 Å². The zero-order valence-corrected chi connectivity index (χ0v) is 14.5. The van der Waals surface area contributed by atoms with Gasteiger partial charge in [0.2, 0.25) is 0 Å². The Morgan fingerprint density at radius 1 is 1.19 bits per heavy atom. The lowest BCUT2D eigenvalue weighted by Crippen LogP contribution is -2.12. The van der Waals surface area contributed by atoms with Gasteiger partial charge in [-0.2, -0.15) is 0 Å². The van der Waals surface area contributed by atoms with Crippen LogP contribution in [0.4, 0.5) is 5.69 Å². The van der Waals surface area contributed by atoms with Crippen LogP contribution in [0.3, 0.4) is 0 Å². The Morgan fingerprint density at radius 3 is 2.43 bits per heavy atom. The summed E-state index contributed by atoms with van der Waals surface area (Å²) in [6.45, 7) is 0.456. The molecular formula is C15H14Br2N2O2. The number of rotatable bonds is 4. The van der Waals surface area contributed by atoms with E-state index in [4.69, 9.17) is 10.5 Å². The van der Waals surface area contributed by atoms with Gasteiger partial charge in [0, 0.05) is 22.6 Å². The highest BCUT2D eigenvalue weighted by atomic mass is 79.9. The maximum atomic E-state index is 12.2. The number of nitrogens with two attached hydrogens (primary N) is 1. The maximum absolute atomic E-state index is 12.2. The van der Waals surface area contributed by atoms with E-state index in [1.165, 1.54) is 0 Å². The molecule has 110 valence electrons. The molecule has 0 aromatic heterocycles. The molecule has 1 amide bonds. The van der Waals surface area contributed by atoms with Crippen molar-refractivity contribution in [3.8, 4) is 5.75 Å². The number of nitrogens with one attached hydrogen (secondary N) is 1. The van der Waals surface area contributed by atoms with Gasteiger partial charge < -0.3 is 15.8 Å². The van der Waals surface area contributed by atoms with Gasteiger partial charge in [0.05, 0.1) is 17.3 Å². The second-order valence-corrected chi connectivity index (χ2v) is 6.03. The van der Waals surface area contributed by atoms with Crippen LogP contribution in [-0.2, 0) is 6.54 Å². The summed E-state index contributed by atoms with van der Waals surface area (Å²) in [5.74, 6) is 0.454. The maximum Gasteiger partial charge on any atom is 0.255 e. The molecule has 0 unspecified atom stereocenters. The Labute approximate surface area is 139 Å². The molecule has 0 heterocycles. The molecule has 0 spiro atoms. The first-order chi connectivity index (χ1) is 10.0. The van der Waals surface area contributed by atoms with Crippen molar-refractivity contribution in [2.45, 2.75) is 6.54 Å². The highest BCUT2D eigenvalue weighted by Crippen LogP contribution is 2.34. The van der Waals surface area contributed by atoms with Crippen LogP contribution < -0.4 is 15.8 Å². The minimum Gasteiger partial charge on any atom is -0.495 e. The van der Waals surface area contributed by atoms with Crippen LogP contribution in [0.25, 0.3) is 0 Å². The number of ether oxygens (including phenoxy) is 1. The standard InChI is InChI=1S/C15H14Br2N2O2/c1-21-14-7-13(11(16)6-12(14)17)19-15(20)10-4-2-9(8-18)3-5-10/h2-7H,8,18H2,1H3,(H,19,20). The zero-order valence-electron chi connectivity index (χ0n) is 11.3. The largest absolute Gasteiger partial charge is 0.495 e. The van der Waals surface area contributed by atoms with Crippen LogP contribution in [-0.4, -0.2) is 13.0 Å². The third-order valence-corrected chi connectivity index (χ3v) is 4.22. The predicted molar refractivity (Wildman–Crippen MR) is 90.7 cm³/mol. The van der Waals surface area contributed by atoms with Crippen molar-refractivity contribution in [1.82, 2.24) is 0 Å².